The maximum atomic E-state index is 5.56. The summed E-state index contributed by atoms with van der Waals surface area (Å²) < 4.78 is 5.56. The van der Waals surface area contributed by atoms with E-state index in [1.807, 2.05) is 0 Å². The third-order valence-corrected chi connectivity index (χ3v) is 3.06. The molecule has 0 radical (unpaired) electrons. The molecule has 1 aliphatic rings. The molecule has 0 spiro atoms. The highest BCUT2D eigenvalue weighted by Gasteiger charge is 2.13. The molecule has 1 unspecified atom stereocenters. The molecular weight excluding hydrogens is 198 g/mol. The van der Waals surface area contributed by atoms with E-state index in [0.717, 1.165) is 19.7 Å². The van der Waals surface area contributed by atoms with E-state index in [1.165, 1.54) is 31.2 Å². The molecule has 1 atom stereocenters. The van der Waals surface area contributed by atoms with Crippen molar-refractivity contribution in [2.75, 3.05) is 19.7 Å². The molecule has 2 nitrogen and oxygen atoms in total. The number of aryl methyl sites for hydroxylation is 1. The van der Waals surface area contributed by atoms with Crippen molar-refractivity contribution < 1.29 is 4.74 Å². The van der Waals surface area contributed by atoms with Gasteiger partial charge in [-0.2, -0.15) is 0 Å². The van der Waals surface area contributed by atoms with Crippen molar-refractivity contribution in [3.05, 3.63) is 35.9 Å². The van der Waals surface area contributed by atoms with Crippen molar-refractivity contribution in [2.45, 2.75) is 31.8 Å². The zero-order valence-electron chi connectivity index (χ0n) is 9.82. The van der Waals surface area contributed by atoms with Crippen LogP contribution in [0.5, 0.6) is 0 Å². The Kier molecular flexibility index (Phi) is 4.84. The molecule has 2 rings (SSSR count). The lowest BCUT2D eigenvalue weighted by atomic mass is 10.1. The van der Waals surface area contributed by atoms with Gasteiger partial charge in [-0.05, 0) is 37.8 Å². The van der Waals surface area contributed by atoms with E-state index >= 15 is 0 Å². The zero-order chi connectivity index (χ0) is 11.1. The van der Waals surface area contributed by atoms with Crippen LogP contribution in [0.1, 0.15) is 24.8 Å². The second-order valence-electron chi connectivity index (χ2n) is 4.43. The van der Waals surface area contributed by atoms with Crippen molar-refractivity contribution in [1.29, 1.82) is 0 Å². The maximum Gasteiger partial charge on any atom is 0.0700 e. The topological polar surface area (TPSA) is 21.3 Å². The number of benzene rings is 1. The molecule has 88 valence electrons. The lowest BCUT2D eigenvalue weighted by Crippen LogP contribution is -2.27. The minimum Gasteiger partial charge on any atom is -0.377 e. The number of nitrogens with one attached hydrogen (secondary N) is 1. The van der Waals surface area contributed by atoms with Crippen LogP contribution in [0.25, 0.3) is 0 Å². The fourth-order valence-corrected chi connectivity index (χ4v) is 2.13. The molecule has 1 aromatic carbocycles. The molecule has 0 saturated carbocycles. The Hall–Kier alpha value is -0.860. The van der Waals surface area contributed by atoms with Crippen molar-refractivity contribution >= 4 is 0 Å². The minimum absolute atomic E-state index is 0.469. The second-order valence-corrected chi connectivity index (χ2v) is 4.43. The van der Waals surface area contributed by atoms with Gasteiger partial charge in [0.15, 0.2) is 0 Å². The molecule has 0 aliphatic carbocycles. The first kappa shape index (κ1) is 11.6. The van der Waals surface area contributed by atoms with Gasteiger partial charge >= 0.3 is 0 Å². The Balaban J connectivity index is 1.52. The number of rotatable bonds is 6. The van der Waals surface area contributed by atoms with Gasteiger partial charge in [-0.3, -0.25) is 0 Å². The molecule has 1 saturated heterocycles. The minimum atomic E-state index is 0.469. The summed E-state index contributed by atoms with van der Waals surface area (Å²) in [6.07, 6.45) is 5.30. The number of ether oxygens (including phenoxy) is 1. The SMILES string of the molecule is c1ccc(CCCNCC2CCCO2)cc1. The highest BCUT2D eigenvalue weighted by Crippen LogP contribution is 2.10. The van der Waals surface area contributed by atoms with Crippen LogP contribution in [-0.4, -0.2) is 25.8 Å². The molecule has 2 heteroatoms. The predicted octanol–water partition coefficient (Wildman–Crippen LogP) is 2.39. The average Bonchev–Trinajstić information content (AvgIpc) is 2.83. The average molecular weight is 219 g/mol. The summed E-state index contributed by atoms with van der Waals surface area (Å²) in [6, 6.07) is 10.7. The molecule has 1 aromatic rings. The first-order valence-corrected chi connectivity index (χ1v) is 6.31. The van der Waals surface area contributed by atoms with Gasteiger partial charge in [0.1, 0.15) is 0 Å². The van der Waals surface area contributed by atoms with Crippen molar-refractivity contribution in [1.82, 2.24) is 5.32 Å². The van der Waals surface area contributed by atoms with Gasteiger partial charge in [0.2, 0.25) is 0 Å². The summed E-state index contributed by atoms with van der Waals surface area (Å²) in [5.41, 5.74) is 1.43. The second kappa shape index (κ2) is 6.66. The van der Waals surface area contributed by atoms with E-state index in [1.54, 1.807) is 0 Å². The van der Waals surface area contributed by atoms with E-state index in [9.17, 15) is 0 Å². The number of hydrogen-bond acceptors (Lipinski definition) is 2. The molecule has 1 N–H and O–H groups in total. The standard InChI is InChI=1S/C14H21NO/c1-2-6-13(7-3-1)8-4-10-15-12-14-9-5-11-16-14/h1-3,6-7,14-15H,4-5,8-12H2. The zero-order valence-corrected chi connectivity index (χ0v) is 9.82. The van der Waals surface area contributed by atoms with E-state index in [4.69, 9.17) is 4.74 Å². The summed E-state index contributed by atoms with van der Waals surface area (Å²) in [5.74, 6) is 0. The fourth-order valence-electron chi connectivity index (χ4n) is 2.13. The molecule has 16 heavy (non-hydrogen) atoms. The summed E-state index contributed by atoms with van der Waals surface area (Å²) >= 11 is 0. The third-order valence-electron chi connectivity index (χ3n) is 3.06. The molecule has 1 heterocycles. The molecule has 0 bridgehead atoms. The number of hydrogen-bond donors (Lipinski definition) is 1. The van der Waals surface area contributed by atoms with Crippen LogP contribution in [0.2, 0.25) is 0 Å². The molecule has 1 aliphatic heterocycles. The van der Waals surface area contributed by atoms with Gasteiger partial charge < -0.3 is 10.1 Å². The monoisotopic (exact) mass is 219 g/mol. The van der Waals surface area contributed by atoms with Crippen LogP contribution >= 0.6 is 0 Å². The Morgan fingerprint density at radius 1 is 1.25 bits per heavy atom. The highest BCUT2D eigenvalue weighted by molar-refractivity contribution is 5.14. The van der Waals surface area contributed by atoms with E-state index in [2.05, 4.69) is 35.6 Å². The molecule has 0 amide bonds. The molecule has 1 fully saturated rings. The quantitative estimate of drug-likeness (QED) is 0.742. The largest absolute Gasteiger partial charge is 0.377 e. The Morgan fingerprint density at radius 3 is 2.88 bits per heavy atom. The van der Waals surface area contributed by atoms with Gasteiger partial charge in [0, 0.05) is 13.2 Å². The Labute approximate surface area is 98.0 Å². The van der Waals surface area contributed by atoms with Crippen LogP contribution < -0.4 is 5.32 Å². The van der Waals surface area contributed by atoms with Gasteiger partial charge in [-0.25, -0.2) is 0 Å². The van der Waals surface area contributed by atoms with Crippen LogP contribution in [0, 0.1) is 0 Å². The lowest BCUT2D eigenvalue weighted by molar-refractivity contribution is 0.110. The third kappa shape index (κ3) is 3.95. The van der Waals surface area contributed by atoms with Gasteiger partial charge in [0.05, 0.1) is 6.10 Å². The van der Waals surface area contributed by atoms with Crippen molar-refractivity contribution in [3.8, 4) is 0 Å². The van der Waals surface area contributed by atoms with Crippen LogP contribution in [0.4, 0.5) is 0 Å². The Morgan fingerprint density at radius 2 is 2.12 bits per heavy atom. The summed E-state index contributed by atoms with van der Waals surface area (Å²) in [5, 5.41) is 3.47. The predicted molar refractivity (Wildman–Crippen MR) is 66.6 cm³/mol. The molecular formula is C14H21NO. The van der Waals surface area contributed by atoms with E-state index in [-0.39, 0.29) is 0 Å². The van der Waals surface area contributed by atoms with Crippen LogP contribution in [0.3, 0.4) is 0 Å². The fraction of sp³-hybridized carbons (Fsp3) is 0.571. The van der Waals surface area contributed by atoms with E-state index in [0.29, 0.717) is 6.10 Å². The highest BCUT2D eigenvalue weighted by atomic mass is 16.5. The normalized spacial score (nSPS) is 20.1. The first-order valence-electron chi connectivity index (χ1n) is 6.31. The van der Waals surface area contributed by atoms with Gasteiger partial charge in [-0.1, -0.05) is 30.3 Å². The maximum absolute atomic E-state index is 5.56. The van der Waals surface area contributed by atoms with Crippen molar-refractivity contribution in [3.63, 3.8) is 0 Å². The van der Waals surface area contributed by atoms with Crippen LogP contribution in [0.15, 0.2) is 30.3 Å². The summed E-state index contributed by atoms with van der Waals surface area (Å²) in [6.45, 7) is 3.07. The van der Waals surface area contributed by atoms with Crippen molar-refractivity contribution in [2.24, 2.45) is 0 Å². The molecule has 0 aromatic heterocycles. The first-order chi connectivity index (χ1) is 7.95. The Bertz CT molecular complexity index is 280. The lowest BCUT2D eigenvalue weighted by Gasteiger charge is -2.10. The smallest absolute Gasteiger partial charge is 0.0700 e. The van der Waals surface area contributed by atoms with Gasteiger partial charge in [0.25, 0.3) is 0 Å². The van der Waals surface area contributed by atoms with Gasteiger partial charge in [-0.15, -0.1) is 0 Å². The van der Waals surface area contributed by atoms with E-state index < -0.39 is 0 Å². The summed E-state index contributed by atoms with van der Waals surface area (Å²) in [4.78, 5) is 0. The van der Waals surface area contributed by atoms with Crippen LogP contribution in [-0.2, 0) is 11.2 Å². The summed E-state index contributed by atoms with van der Waals surface area (Å²) in [7, 11) is 0.